The summed E-state index contributed by atoms with van der Waals surface area (Å²) in [6.45, 7) is -0.359. The standard InChI is InChI=1S/C13H15ClF2N2O2/c14-9-3-1-2-8(12(9)16)11(6-19)18-13(20)10-4-7(15)5-17-10/h1-3,7,10-11,17,19H,4-6H2,(H,18,20). The number of halogens is 3. The molecule has 3 N–H and O–H groups in total. The van der Waals surface area contributed by atoms with Crippen molar-refractivity contribution in [3.05, 3.63) is 34.6 Å². The Hall–Kier alpha value is -1.24. The number of hydrogen-bond donors (Lipinski definition) is 3. The number of aliphatic hydroxyl groups is 1. The van der Waals surface area contributed by atoms with Crippen molar-refractivity contribution in [2.45, 2.75) is 24.7 Å². The fourth-order valence-electron chi connectivity index (χ4n) is 2.18. The van der Waals surface area contributed by atoms with Gasteiger partial charge in [0, 0.05) is 18.5 Å². The molecule has 1 aliphatic rings. The minimum atomic E-state index is -1.07. The summed E-state index contributed by atoms with van der Waals surface area (Å²) in [5, 5.41) is 14.5. The van der Waals surface area contributed by atoms with Crippen LogP contribution in [-0.4, -0.2) is 36.4 Å². The highest BCUT2D eigenvalue weighted by Gasteiger charge is 2.31. The maximum absolute atomic E-state index is 13.9. The molecule has 1 aliphatic heterocycles. The van der Waals surface area contributed by atoms with Gasteiger partial charge in [-0.15, -0.1) is 0 Å². The summed E-state index contributed by atoms with van der Waals surface area (Å²) in [5.74, 6) is -1.15. The first kappa shape index (κ1) is 15.2. The molecule has 1 saturated heterocycles. The quantitative estimate of drug-likeness (QED) is 0.786. The van der Waals surface area contributed by atoms with E-state index in [2.05, 4.69) is 10.6 Å². The third-order valence-corrected chi connectivity index (χ3v) is 3.54. The molecule has 20 heavy (non-hydrogen) atoms. The highest BCUT2D eigenvalue weighted by atomic mass is 35.5. The van der Waals surface area contributed by atoms with E-state index in [-0.39, 0.29) is 23.6 Å². The molecule has 1 aromatic carbocycles. The van der Waals surface area contributed by atoms with Gasteiger partial charge in [-0.25, -0.2) is 8.78 Å². The van der Waals surface area contributed by atoms with E-state index < -0.39 is 36.6 Å². The molecule has 1 aromatic rings. The average Bonchev–Trinajstić information content (AvgIpc) is 2.86. The second-order valence-electron chi connectivity index (χ2n) is 4.68. The zero-order valence-electron chi connectivity index (χ0n) is 10.6. The van der Waals surface area contributed by atoms with Crippen molar-refractivity contribution >= 4 is 17.5 Å². The summed E-state index contributed by atoms with van der Waals surface area (Å²) in [6.07, 6.45) is -0.997. The second-order valence-corrected chi connectivity index (χ2v) is 5.09. The number of amides is 1. The predicted octanol–water partition coefficient (Wildman–Crippen LogP) is 1.33. The third-order valence-electron chi connectivity index (χ3n) is 3.25. The first-order valence-corrected chi connectivity index (χ1v) is 6.63. The molecule has 1 heterocycles. The SMILES string of the molecule is O=C(NC(CO)c1cccc(Cl)c1F)C1CC(F)CN1. The maximum atomic E-state index is 13.9. The largest absolute Gasteiger partial charge is 0.394 e. The number of benzene rings is 1. The van der Waals surface area contributed by atoms with E-state index in [0.29, 0.717) is 0 Å². The van der Waals surface area contributed by atoms with Crippen LogP contribution in [-0.2, 0) is 4.79 Å². The van der Waals surface area contributed by atoms with Gasteiger partial charge in [0.15, 0.2) is 0 Å². The molecular formula is C13H15ClF2N2O2. The van der Waals surface area contributed by atoms with Gasteiger partial charge < -0.3 is 15.7 Å². The highest BCUT2D eigenvalue weighted by molar-refractivity contribution is 6.30. The molecule has 1 amide bonds. The van der Waals surface area contributed by atoms with E-state index in [4.69, 9.17) is 11.6 Å². The number of hydrogen-bond acceptors (Lipinski definition) is 3. The zero-order valence-corrected chi connectivity index (χ0v) is 11.3. The Bertz CT molecular complexity index is 501. The Balaban J connectivity index is 2.09. The molecule has 110 valence electrons. The van der Waals surface area contributed by atoms with Crippen LogP contribution in [0.3, 0.4) is 0 Å². The summed E-state index contributed by atoms with van der Waals surface area (Å²) >= 11 is 5.67. The summed E-state index contributed by atoms with van der Waals surface area (Å²) in [6, 6.07) is 2.76. The van der Waals surface area contributed by atoms with Gasteiger partial charge in [0.05, 0.1) is 23.7 Å². The van der Waals surface area contributed by atoms with E-state index in [9.17, 15) is 18.7 Å². The normalized spacial score (nSPS) is 23.6. The van der Waals surface area contributed by atoms with E-state index in [1.54, 1.807) is 0 Å². The Kier molecular flexibility index (Phi) is 4.91. The molecule has 0 spiro atoms. The minimum Gasteiger partial charge on any atom is -0.394 e. The lowest BCUT2D eigenvalue weighted by Gasteiger charge is -2.20. The minimum absolute atomic E-state index is 0.0714. The van der Waals surface area contributed by atoms with Crippen LogP contribution in [0.2, 0.25) is 5.02 Å². The monoisotopic (exact) mass is 304 g/mol. The summed E-state index contributed by atoms with van der Waals surface area (Å²) in [4.78, 5) is 11.9. The first-order valence-electron chi connectivity index (χ1n) is 6.25. The van der Waals surface area contributed by atoms with Gasteiger partial charge in [-0.2, -0.15) is 0 Å². The van der Waals surface area contributed by atoms with Crippen molar-refractivity contribution in [3.63, 3.8) is 0 Å². The molecule has 0 bridgehead atoms. The van der Waals surface area contributed by atoms with Gasteiger partial charge in [0.1, 0.15) is 12.0 Å². The molecule has 1 fully saturated rings. The second kappa shape index (κ2) is 6.47. The van der Waals surface area contributed by atoms with Crippen molar-refractivity contribution in [1.29, 1.82) is 0 Å². The average molecular weight is 305 g/mol. The summed E-state index contributed by atoms with van der Waals surface area (Å²) < 4.78 is 26.9. The van der Waals surface area contributed by atoms with Crippen molar-refractivity contribution in [1.82, 2.24) is 10.6 Å². The van der Waals surface area contributed by atoms with Crippen molar-refractivity contribution < 1.29 is 18.7 Å². The van der Waals surface area contributed by atoms with Crippen LogP contribution in [0.1, 0.15) is 18.0 Å². The highest BCUT2D eigenvalue weighted by Crippen LogP contribution is 2.23. The van der Waals surface area contributed by atoms with Crippen LogP contribution in [0, 0.1) is 5.82 Å². The van der Waals surface area contributed by atoms with E-state index in [1.165, 1.54) is 18.2 Å². The molecule has 3 unspecified atom stereocenters. The smallest absolute Gasteiger partial charge is 0.237 e. The number of rotatable bonds is 4. The lowest BCUT2D eigenvalue weighted by Crippen LogP contribution is -2.43. The van der Waals surface area contributed by atoms with Gasteiger partial charge in [-0.05, 0) is 6.07 Å². The van der Waals surface area contributed by atoms with Gasteiger partial charge in [-0.3, -0.25) is 4.79 Å². The molecule has 2 rings (SSSR count). The Morgan fingerprint density at radius 1 is 1.60 bits per heavy atom. The Morgan fingerprint density at radius 3 is 2.95 bits per heavy atom. The van der Waals surface area contributed by atoms with Gasteiger partial charge in [0.2, 0.25) is 5.91 Å². The molecule has 3 atom stereocenters. The van der Waals surface area contributed by atoms with Crippen LogP contribution < -0.4 is 10.6 Å². The zero-order chi connectivity index (χ0) is 14.7. The number of nitrogens with one attached hydrogen (secondary N) is 2. The first-order chi connectivity index (χ1) is 9.52. The van der Waals surface area contributed by atoms with E-state index >= 15 is 0 Å². The fourth-order valence-corrected chi connectivity index (χ4v) is 2.36. The van der Waals surface area contributed by atoms with Crippen LogP contribution in [0.15, 0.2) is 18.2 Å². The molecule has 0 aliphatic carbocycles. The number of alkyl halides is 1. The maximum Gasteiger partial charge on any atom is 0.237 e. The molecule has 0 aromatic heterocycles. The van der Waals surface area contributed by atoms with Crippen molar-refractivity contribution in [2.75, 3.05) is 13.2 Å². The summed E-state index contributed by atoms with van der Waals surface area (Å²) in [7, 11) is 0. The number of carbonyl (C=O) groups excluding carboxylic acids is 1. The van der Waals surface area contributed by atoms with E-state index in [0.717, 1.165) is 0 Å². The number of aliphatic hydroxyl groups excluding tert-OH is 1. The van der Waals surface area contributed by atoms with Crippen molar-refractivity contribution in [2.24, 2.45) is 0 Å². The Labute approximate surface area is 120 Å². The van der Waals surface area contributed by atoms with Gasteiger partial charge in [0.25, 0.3) is 0 Å². The van der Waals surface area contributed by atoms with Crippen LogP contribution in [0.5, 0.6) is 0 Å². The van der Waals surface area contributed by atoms with Gasteiger partial charge >= 0.3 is 0 Å². The Morgan fingerprint density at radius 2 is 2.35 bits per heavy atom. The fraction of sp³-hybridized carbons (Fsp3) is 0.462. The van der Waals surface area contributed by atoms with Crippen LogP contribution in [0.25, 0.3) is 0 Å². The van der Waals surface area contributed by atoms with Gasteiger partial charge in [-0.1, -0.05) is 23.7 Å². The lowest BCUT2D eigenvalue weighted by molar-refractivity contribution is -0.124. The lowest BCUT2D eigenvalue weighted by atomic mass is 10.1. The third kappa shape index (κ3) is 3.26. The summed E-state index contributed by atoms with van der Waals surface area (Å²) in [5.41, 5.74) is 0.100. The van der Waals surface area contributed by atoms with E-state index in [1.807, 2.05) is 0 Å². The topological polar surface area (TPSA) is 61.4 Å². The molecule has 4 nitrogen and oxygen atoms in total. The van der Waals surface area contributed by atoms with Crippen LogP contribution in [0.4, 0.5) is 8.78 Å². The molecule has 7 heteroatoms. The predicted molar refractivity (Wildman–Crippen MR) is 70.7 cm³/mol. The molecular weight excluding hydrogens is 290 g/mol. The number of carbonyl (C=O) groups is 1. The van der Waals surface area contributed by atoms with Crippen molar-refractivity contribution in [3.8, 4) is 0 Å². The molecule has 0 radical (unpaired) electrons. The van der Waals surface area contributed by atoms with Crippen LogP contribution >= 0.6 is 11.6 Å². The molecule has 0 saturated carbocycles.